The number of halogens is 1. The van der Waals surface area contributed by atoms with E-state index in [9.17, 15) is 9.18 Å². The highest BCUT2D eigenvalue weighted by Crippen LogP contribution is 2.34. The molecule has 36 heavy (non-hydrogen) atoms. The summed E-state index contributed by atoms with van der Waals surface area (Å²) in [5, 5.41) is 3.13. The summed E-state index contributed by atoms with van der Waals surface area (Å²) in [6.45, 7) is 8.95. The van der Waals surface area contributed by atoms with Crippen molar-refractivity contribution >= 4 is 6.09 Å². The van der Waals surface area contributed by atoms with Crippen molar-refractivity contribution in [3.05, 3.63) is 71.5 Å². The molecule has 4 rings (SSSR count). The lowest BCUT2D eigenvalue weighted by atomic mass is 9.82. The summed E-state index contributed by atoms with van der Waals surface area (Å²) in [4.78, 5) is 15.0. The lowest BCUT2D eigenvalue weighted by Crippen LogP contribution is -2.53. The second kappa shape index (κ2) is 12.2. The van der Waals surface area contributed by atoms with Crippen LogP contribution >= 0.6 is 0 Å². The van der Waals surface area contributed by atoms with E-state index in [4.69, 9.17) is 9.47 Å². The molecule has 2 aliphatic rings. The lowest BCUT2D eigenvalue weighted by Gasteiger charge is -2.40. The topological polar surface area (TPSA) is 50.8 Å². The molecule has 2 atom stereocenters. The third-order valence-corrected chi connectivity index (χ3v) is 7.31. The van der Waals surface area contributed by atoms with Crippen molar-refractivity contribution in [3.63, 3.8) is 0 Å². The first-order chi connectivity index (χ1) is 17.2. The minimum atomic E-state index is -0.523. The van der Waals surface area contributed by atoms with E-state index in [1.807, 2.05) is 32.9 Å². The van der Waals surface area contributed by atoms with Crippen LogP contribution < -0.4 is 5.32 Å². The molecule has 0 bridgehead atoms. The molecular formula is C30H41FN2O3. The predicted molar refractivity (Wildman–Crippen MR) is 140 cm³/mol. The molecule has 0 radical (unpaired) electrons. The fourth-order valence-corrected chi connectivity index (χ4v) is 5.49. The first-order valence-corrected chi connectivity index (χ1v) is 13.4. The summed E-state index contributed by atoms with van der Waals surface area (Å²) in [5.41, 5.74) is 1.87. The van der Waals surface area contributed by atoms with Crippen LogP contribution in [0, 0.1) is 11.7 Å². The Balaban J connectivity index is 1.32. The highest BCUT2D eigenvalue weighted by molar-refractivity contribution is 5.68. The van der Waals surface area contributed by atoms with Crippen LogP contribution in [0.4, 0.5) is 9.18 Å². The third kappa shape index (κ3) is 8.04. The van der Waals surface area contributed by atoms with Crippen molar-refractivity contribution in [3.8, 4) is 0 Å². The maximum absolute atomic E-state index is 13.6. The fraction of sp³-hybridized carbons (Fsp3) is 0.567. The Kier molecular flexibility index (Phi) is 9.02. The van der Waals surface area contributed by atoms with E-state index in [1.54, 1.807) is 12.1 Å². The van der Waals surface area contributed by atoms with Gasteiger partial charge in [0, 0.05) is 31.6 Å². The van der Waals surface area contributed by atoms with Crippen molar-refractivity contribution < 1.29 is 18.7 Å². The zero-order valence-corrected chi connectivity index (χ0v) is 21.9. The molecule has 2 aromatic carbocycles. The van der Waals surface area contributed by atoms with Gasteiger partial charge in [-0.15, -0.1) is 0 Å². The number of carbonyl (C=O) groups is 1. The van der Waals surface area contributed by atoms with Crippen LogP contribution in [0.25, 0.3) is 0 Å². The molecule has 196 valence electrons. The van der Waals surface area contributed by atoms with Gasteiger partial charge in [-0.3, -0.25) is 4.90 Å². The van der Waals surface area contributed by atoms with Gasteiger partial charge in [0.25, 0.3) is 0 Å². The number of alkyl carbamates (subject to hydrolysis) is 1. The Bertz CT molecular complexity index is 970. The van der Waals surface area contributed by atoms with Crippen LogP contribution in [0.5, 0.6) is 0 Å². The largest absolute Gasteiger partial charge is 0.444 e. The quantitative estimate of drug-likeness (QED) is 0.490. The number of carbonyl (C=O) groups excluding carboxylic acids is 1. The zero-order valence-electron chi connectivity index (χ0n) is 21.9. The average molecular weight is 497 g/mol. The maximum atomic E-state index is 13.6. The van der Waals surface area contributed by atoms with Crippen molar-refractivity contribution in [1.82, 2.24) is 10.2 Å². The van der Waals surface area contributed by atoms with Gasteiger partial charge in [-0.05, 0) is 82.1 Å². The van der Waals surface area contributed by atoms with Crippen LogP contribution in [-0.4, -0.2) is 48.4 Å². The first kappa shape index (κ1) is 26.6. The number of hydrogen-bond donors (Lipinski definition) is 1. The van der Waals surface area contributed by atoms with Gasteiger partial charge in [0.15, 0.2) is 0 Å². The minimum Gasteiger partial charge on any atom is -0.444 e. The smallest absolute Gasteiger partial charge is 0.407 e. The molecule has 1 unspecified atom stereocenters. The van der Waals surface area contributed by atoms with Crippen molar-refractivity contribution in [2.45, 2.75) is 83.1 Å². The van der Waals surface area contributed by atoms with E-state index >= 15 is 0 Å². The molecule has 1 aliphatic carbocycles. The first-order valence-electron chi connectivity index (χ1n) is 13.4. The third-order valence-electron chi connectivity index (χ3n) is 7.31. The Hall–Kier alpha value is -2.44. The molecule has 2 fully saturated rings. The van der Waals surface area contributed by atoms with Crippen molar-refractivity contribution in [2.24, 2.45) is 5.92 Å². The monoisotopic (exact) mass is 496 g/mol. The summed E-state index contributed by atoms with van der Waals surface area (Å²) in [5.74, 6) is 0.431. The summed E-state index contributed by atoms with van der Waals surface area (Å²) < 4.78 is 25.6. The number of likely N-dealkylation sites (tertiary alicyclic amines) is 1. The summed E-state index contributed by atoms with van der Waals surface area (Å²) in [7, 11) is 0. The van der Waals surface area contributed by atoms with Crippen molar-refractivity contribution in [2.75, 3.05) is 19.7 Å². The number of benzene rings is 2. The SMILES string of the molecule is CC(C)(C)OC(=O)NC1CCN(Cc2ccccc2)C[C@H]1CO[C@H]1CC[C@@H](c2cccc(F)c2)CC1. The molecule has 1 saturated heterocycles. The molecule has 1 saturated carbocycles. The Morgan fingerprint density at radius 3 is 2.47 bits per heavy atom. The second-order valence-electron chi connectivity index (χ2n) is 11.4. The maximum Gasteiger partial charge on any atom is 0.407 e. The number of amides is 1. The van der Waals surface area contributed by atoms with Gasteiger partial charge >= 0.3 is 6.09 Å². The highest BCUT2D eigenvalue weighted by Gasteiger charge is 2.33. The summed E-state index contributed by atoms with van der Waals surface area (Å²) in [6, 6.07) is 17.5. The Morgan fingerprint density at radius 1 is 1.03 bits per heavy atom. The molecule has 6 heteroatoms. The van der Waals surface area contributed by atoms with Crippen LogP contribution in [0.1, 0.15) is 69.9 Å². The number of nitrogens with zero attached hydrogens (tertiary/aromatic N) is 1. The van der Waals surface area contributed by atoms with E-state index < -0.39 is 5.60 Å². The second-order valence-corrected chi connectivity index (χ2v) is 11.4. The predicted octanol–water partition coefficient (Wildman–Crippen LogP) is 6.28. The normalized spacial score (nSPS) is 25.3. The van der Waals surface area contributed by atoms with Crippen LogP contribution in [0.3, 0.4) is 0 Å². The fourth-order valence-electron chi connectivity index (χ4n) is 5.49. The molecule has 1 N–H and O–H groups in total. The number of hydrogen-bond acceptors (Lipinski definition) is 4. The molecule has 1 heterocycles. The standard InChI is InChI=1S/C30H41FN2O3/c1-30(2,3)36-29(34)32-28-16-17-33(19-22-8-5-4-6-9-22)20-25(28)21-35-27-14-12-23(13-15-27)24-10-7-11-26(31)18-24/h4-11,18,23,25,27-28H,12-17,19-21H2,1-3H3,(H,32,34)/t23-,25-,27+,28?/m0/s1. The number of piperidine rings is 1. The molecule has 0 aromatic heterocycles. The molecule has 1 amide bonds. The molecular weight excluding hydrogens is 455 g/mol. The number of nitrogens with one attached hydrogen (secondary N) is 1. The van der Waals surface area contributed by atoms with E-state index in [2.05, 4.69) is 34.5 Å². The lowest BCUT2D eigenvalue weighted by molar-refractivity contribution is -0.0220. The summed E-state index contributed by atoms with van der Waals surface area (Å²) >= 11 is 0. The van der Waals surface area contributed by atoms with Crippen LogP contribution in [0.15, 0.2) is 54.6 Å². The highest BCUT2D eigenvalue weighted by atomic mass is 19.1. The Labute approximate surface area is 215 Å². The van der Waals surface area contributed by atoms with E-state index in [0.29, 0.717) is 12.5 Å². The van der Waals surface area contributed by atoms with Gasteiger partial charge in [0.05, 0.1) is 12.7 Å². The van der Waals surface area contributed by atoms with Gasteiger partial charge in [-0.2, -0.15) is 0 Å². The number of ether oxygens (including phenoxy) is 2. The van der Waals surface area contributed by atoms with Crippen molar-refractivity contribution in [1.29, 1.82) is 0 Å². The minimum absolute atomic E-state index is 0.0236. The van der Waals surface area contributed by atoms with Gasteiger partial charge in [-0.1, -0.05) is 42.5 Å². The van der Waals surface area contributed by atoms with Crippen LogP contribution in [0.2, 0.25) is 0 Å². The van der Waals surface area contributed by atoms with Gasteiger partial charge < -0.3 is 14.8 Å². The van der Waals surface area contributed by atoms with E-state index in [1.165, 1.54) is 11.6 Å². The van der Waals surface area contributed by atoms with Crippen LogP contribution in [-0.2, 0) is 16.0 Å². The molecule has 5 nitrogen and oxygen atoms in total. The zero-order chi connectivity index (χ0) is 25.5. The summed E-state index contributed by atoms with van der Waals surface area (Å²) in [6.07, 6.45) is 4.70. The van der Waals surface area contributed by atoms with Gasteiger partial charge in [0.2, 0.25) is 0 Å². The molecule has 2 aromatic rings. The number of rotatable bonds is 7. The molecule has 0 spiro atoms. The van der Waals surface area contributed by atoms with E-state index in [-0.39, 0.29) is 30.0 Å². The van der Waals surface area contributed by atoms with Gasteiger partial charge in [0.1, 0.15) is 11.4 Å². The van der Waals surface area contributed by atoms with Gasteiger partial charge in [-0.25, -0.2) is 9.18 Å². The Morgan fingerprint density at radius 2 is 1.78 bits per heavy atom. The van der Waals surface area contributed by atoms with E-state index in [0.717, 1.165) is 57.3 Å². The molecule has 1 aliphatic heterocycles. The average Bonchev–Trinajstić information content (AvgIpc) is 2.84.